The SMILES string of the molecule is C=CCNCCC(=O)NCc1cccc(C)c1. The second kappa shape index (κ2) is 7.63. The van der Waals surface area contributed by atoms with Gasteiger partial charge in [-0.1, -0.05) is 35.9 Å². The summed E-state index contributed by atoms with van der Waals surface area (Å²) in [5.41, 5.74) is 2.35. The fourth-order valence-electron chi connectivity index (χ4n) is 1.52. The van der Waals surface area contributed by atoms with Gasteiger partial charge in [-0.15, -0.1) is 6.58 Å². The number of benzene rings is 1. The van der Waals surface area contributed by atoms with Crippen LogP contribution in [-0.4, -0.2) is 19.0 Å². The molecule has 1 amide bonds. The van der Waals surface area contributed by atoms with Gasteiger partial charge < -0.3 is 10.6 Å². The molecule has 0 unspecified atom stereocenters. The van der Waals surface area contributed by atoms with Gasteiger partial charge >= 0.3 is 0 Å². The molecular weight excluding hydrogens is 212 g/mol. The third kappa shape index (κ3) is 5.88. The van der Waals surface area contributed by atoms with Crippen LogP contribution < -0.4 is 10.6 Å². The van der Waals surface area contributed by atoms with Gasteiger partial charge in [-0.05, 0) is 12.5 Å². The summed E-state index contributed by atoms with van der Waals surface area (Å²) < 4.78 is 0. The highest BCUT2D eigenvalue weighted by Gasteiger charge is 2.00. The Kier molecular flexibility index (Phi) is 6.04. The zero-order valence-electron chi connectivity index (χ0n) is 10.3. The molecule has 0 saturated carbocycles. The Morgan fingerprint density at radius 1 is 1.47 bits per heavy atom. The number of hydrogen-bond donors (Lipinski definition) is 2. The van der Waals surface area contributed by atoms with Crippen molar-refractivity contribution in [3.8, 4) is 0 Å². The molecule has 0 aliphatic heterocycles. The predicted molar refractivity (Wildman–Crippen MR) is 70.7 cm³/mol. The molecule has 92 valence electrons. The van der Waals surface area contributed by atoms with Crippen LogP contribution >= 0.6 is 0 Å². The molecule has 1 aromatic carbocycles. The summed E-state index contributed by atoms with van der Waals surface area (Å²) in [6.45, 7) is 7.67. The Morgan fingerprint density at radius 3 is 3.00 bits per heavy atom. The molecule has 0 atom stereocenters. The molecule has 0 heterocycles. The van der Waals surface area contributed by atoms with Gasteiger partial charge in [-0.2, -0.15) is 0 Å². The number of hydrogen-bond acceptors (Lipinski definition) is 2. The average Bonchev–Trinajstić information content (AvgIpc) is 2.32. The summed E-state index contributed by atoms with van der Waals surface area (Å²) in [5, 5.41) is 5.99. The summed E-state index contributed by atoms with van der Waals surface area (Å²) in [6.07, 6.45) is 2.28. The van der Waals surface area contributed by atoms with Crippen LogP contribution in [0.25, 0.3) is 0 Å². The van der Waals surface area contributed by atoms with Crippen molar-refractivity contribution < 1.29 is 4.79 Å². The monoisotopic (exact) mass is 232 g/mol. The van der Waals surface area contributed by atoms with Gasteiger partial charge in [-0.3, -0.25) is 4.79 Å². The highest BCUT2D eigenvalue weighted by Crippen LogP contribution is 2.03. The van der Waals surface area contributed by atoms with E-state index in [1.165, 1.54) is 5.56 Å². The first kappa shape index (κ1) is 13.5. The van der Waals surface area contributed by atoms with Crippen LogP contribution in [0.4, 0.5) is 0 Å². The molecule has 3 heteroatoms. The highest BCUT2D eigenvalue weighted by molar-refractivity contribution is 5.76. The van der Waals surface area contributed by atoms with Crippen molar-refractivity contribution in [2.24, 2.45) is 0 Å². The van der Waals surface area contributed by atoms with Crippen molar-refractivity contribution in [2.75, 3.05) is 13.1 Å². The number of nitrogens with one attached hydrogen (secondary N) is 2. The minimum absolute atomic E-state index is 0.0723. The van der Waals surface area contributed by atoms with Gasteiger partial charge in [0.05, 0.1) is 0 Å². The molecule has 0 radical (unpaired) electrons. The third-order valence-electron chi connectivity index (χ3n) is 2.39. The van der Waals surface area contributed by atoms with E-state index >= 15 is 0 Å². The van der Waals surface area contributed by atoms with E-state index < -0.39 is 0 Å². The molecule has 0 aliphatic rings. The van der Waals surface area contributed by atoms with E-state index in [0.717, 1.165) is 12.1 Å². The first-order chi connectivity index (χ1) is 8.22. The third-order valence-corrected chi connectivity index (χ3v) is 2.39. The molecule has 17 heavy (non-hydrogen) atoms. The number of carbonyl (C=O) groups is 1. The van der Waals surface area contributed by atoms with Crippen molar-refractivity contribution >= 4 is 5.91 Å². The van der Waals surface area contributed by atoms with Crippen molar-refractivity contribution in [3.05, 3.63) is 48.0 Å². The summed E-state index contributed by atoms with van der Waals surface area (Å²) in [4.78, 5) is 11.5. The van der Waals surface area contributed by atoms with E-state index in [1.807, 2.05) is 25.1 Å². The van der Waals surface area contributed by atoms with E-state index in [1.54, 1.807) is 6.08 Å². The maximum absolute atomic E-state index is 11.5. The zero-order valence-corrected chi connectivity index (χ0v) is 10.3. The lowest BCUT2D eigenvalue weighted by atomic mass is 10.1. The Morgan fingerprint density at radius 2 is 2.29 bits per heavy atom. The van der Waals surface area contributed by atoms with Gasteiger partial charge in [0.1, 0.15) is 0 Å². The fraction of sp³-hybridized carbons (Fsp3) is 0.357. The van der Waals surface area contributed by atoms with Crippen LogP contribution in [0.1, 0.15) is 17.5 Å². The molecule has 0 spiro atoms. The van der Waals surface area contributed by atoms with Crippen molar-refractivity contribution in [2.45, 2.75) is 19.9 Å². The van der Waals surface area contributed by atoms with E-state index in [-0.39, 0.29) is 5.91 Å². The molecule has 1 rings (SSSR count). The maximum Gasteiger partial charge on any atom is 0.221 e. The molecule has 0 aromatic heterocycles. The van der Waals surface area contributed by atoms with E-state index in [4.69, 9.17) is 0 Å². The molecule has 3 nitrogen and oxygen atoms in total. The Labute approximate surface area is 103 Å². The lowest BCUT2D eigenvalue weighted by Gasteiger charge is -2.06. The largest absolute Gasteiger partial charge is 0.352 e. The Bertz CT molecular complexity index is 374. The normalized spacial score (nSPS) is 9.94. The van der Waals surface area contributed by atoms with E-state index in [9.17, 15) is 4.79 Å². The average molecular weight is 232 g/mol. The predicted octanol–water partition coefficient (Wildman–Crippen LogP) is 1.78. The lowest BCUT2D eigenvalue weighted by Crippen LogP contribution is -2.27. The minimum atomic E-state index is 0.0723. The van der Waals surface area contributed by atoms with Gasteiger partial charge in [0.25, 0.3) is 0 Å². The Hall–Kier alpha value is -1.61. The van der Waals surface area contributed by atoms with Crippen molar-refractivity contribution in [1.82, 2.24) is 10.6 Å². The van der Waals surface area contributed by atoms with Crippen LogP contribution in [0.3, 0.4) is 0 Å². The molecule has 2 N–H and O–H groups in total. The molecule has 0 fully saturated rings. The smallest absolute Gasteiger partial charge is 0.221 e. The maximum atomic E-state index is 11.5. The highest BCUT2D eigenvalue weighted by atomic mass is 16.1. The lowest BCUT2D eigenvalue weighted by molar-refractivity contribution is -0.121. The summed E-state index contributed by atoms with van der Waals surface area (Å²) in [6, 6.07) is 8.15. The first-order valence-electron chi connectivity index (χ1n) is 5.86. The van der Waals surface area contributed by atoms with Crippen molar-refractivity contribution in [3.63, 3.8) is 0 Å². The summed E-state index contributed by atoms with van der Waals surface area (Å²) in [7, 11) is 0. The Balaban J connectivity index is 2.21. The van der Waals surface area contributed by atoms with Crippen LogP contribution in [0.2, 0.25) is 0 Å². The summed E-state index contributed by atoms with van der Waals surface area (Å²) >= 11 is 0. The first-order valence-corrected chi connectivity index (χ1v) is 5.86. The van der Waals surface area contributed by atoms with Crippen LogP contribution in [0, 0.1) is 6.92 Å². The van der Waals surface area contributed by atoms with E-state index in [2.05, 4.69) is 23.3 Å². The molecule has 0 aliphatic carbocycles. The molecule has 0 bridgehead atoms. The number of amides is 1. The van der Waals surface area contributed by atoms with Crippen molar-refractivity contribution in [1.29, 1.82) is 0 Å². The molecule has 0 saturated heterocycles. The van der Waals surface area contributed by atoms with Gasteiger partial charge in [0.2, 0.25) is 5.91 Å². The standard InChI is InChI=1S/C14H20N2O/c1-3-8-15-9-7-14(17)16-11-13-6-4-5-12(2)10-13/h3-6,10,15H,1,7-9,11H2,2H3,(H,16,17). The minimum Gasteiger partial charge on any atom is -0.352 e. The number of carbonyl (C=O) groups excluding carboxylic acids is 1. The van der Waals surface area contributed by atoms with Crippen LogP contribution in [-0.2, 0) is 11.3 Å². The topological polar surface area (TPSA) is 41.1 Å². The molecule has 1 aromatic rings. The van der Waals surface area contributed by atoms with Crippen LogP contribution in [0.15, 0.2) is 36.9 Å². The van der Waals surface area contributed by atoms with Gasteiger partial charge in [-0.25, -0.2) is 0 Å². The quantitative estimate of drug-likeness (QED) is 0.556. The number of rotatable bonds is 7. The van der Waals surface area contributed by atoms with Gasteiger partial charge in [0.15, 0.2) is 0 Å². The van der Waals surface area contributed by atoms with Crippen LogP contribution in [0.5, 0.6) is 0 Å². The number of aryl methyl sites for hydroxylation is 1. The summed E-state index contributed by atoms with van der Waals surface area (Å²) in [5.74, 6) is 0.0723. The molecular formula is C14H20N2O. The van der Waals surface area contributed by atoms with Gasteiger partial charge in [0, 0.05) is 26.1 Å². The fourth-order valence-corrected chi connectivity index (χ4v) is 1.52. The van der Waals surface area contributed by atoms with E-state index in [0.29, 0.717) is 19.5 Å². The zero-order chi connectivity index (χ0) is 12.5. The second-order valence-corrected chi connectivity index (χ2v) is 4.01. The second-order valence-electron chi connectivity index (χ2n) is 4.01.